The fourth-order valence-corrected chi connectivity index (χ4v) is 16.8. The zero-order chi connectivity index (χ0) is 100. The number of primary amides is 1. The van der Waals surface area contributed by atoms with Crippen LogP contribution in [0.5, 0.6) is 0 Å². The van der Waals surface area contributed by atoms with Crippen LogP contribution in [0.15, 0.2) is 182 Å². The molecule has 142 heavy (non-hydrogen) atoms. The lowest BCUT2D eigenvalue weighted by molar-refractivity contribution is -0.139. The van der Waals surface area contributed by atoms with E-state index >= 15 is 4.79 Å². The lowest BCUT2D eigenvalue weighted by Gasteiger charge is -2.27. The molecule has 0 radical (unpaired) electrons. The molecule has 3 aliphatic rings. The number of carbonyl (C=O) groups excluding carboxylic acids is 10. The number of aromatic amines is 3. The first kappa shape index (κ1) is 101. The average Bonchev–Trinajstić information content (AvgIpc) is 1.60. The molecule has 0 aliphatic carbocycles. The lowest BCUT2D eigenvalue weighted by Crippen LogP contribution is -2.56. The topological polar surface area (TPSA) is 486 Å². The molecule has 3 aliphatic heterocycles. The SMILES string of the molecule is C[C@H]1NC(=O)[C@@H](C)NC(=O)[C@H](NC(=O)CNCCCn2cc(CCCCN(C)CCNC(=O)c3ccc(-c4nc5cc(-c6ccc7[nH]c(-c8ccc(C(=O)NCCN(C)C)cc8)nc7c6)ccc5[nH]4)cc3)nn2)n2c(-c3ccc(C(=O)NCCN(C)C)cc3)nc3cc(ccc32)-c2ccc3[nH]c(nc3c2)-c2ccc(cc2)C(=O)NCCN(C)CCCCc2cn(nn2)CCCN(CC(N)=O)C(=O)[C@@H](C)NC1=O. The largest absolute Gasteiger partial charge is 0.368 e. The molecule has 39 heteroatoms. The van der Waals surface area contributed by atoms with E-state index in [1.54, 1.807) is 68.5 Å². The standard InChI is InChI=1S/C103H123N29O10/c1-64-97(136)112-66(3)103(142)129(63-89(104)133)49-15-51-131-62-80(122-124-131)17-11-13-48-128(9)55-46-109-101(140)73-30-22-69(23-31-73)93-115-83-40-36-77(58-86(83)118-93)78-37-41-88-87(59-78)119-94(70-24-32-74(33-25-70)99(138)107-44-53-126(6)7)132(88)95(102(141)111-65(2)96(135)110-64)120-90(134)60-105-42-14-50-130-61-79(121-123-130)16-10-12-47-127(8)54-45-108-100(139)72-28-20-68(21-29-72)92-114-82-39-35-76(57-85(82)117-92)75-34-38-81-84(56-75)116-91(113-81)67-18-26-71(27-19-67)98(137)106-43-52-125(4)5/h18-41,56-59,61-62,64-66,95,105H,10-17,42-55,60,63H2,1-9H3,(H2,104,133)(H,106,137)(H,107,138)(H,108,139)(H,109,140)(H,110,135)(H,111,141)(H,112,136)(H,113,116)(H,114,117)(H,115,118)(H,120,134)/t64-,65-,66-,95-/m1/s1. The number of imidazole rings is 4. The first-order valence-electron chi connectivity index (χ1n) is 48.0. The first-order chi connectivity index (χ1) is 68.5. The fraction of sp³-hybridized carbons (Fsp3) is 0.359. The molecule has 11 bridgehead atoms. The van der Waals surface area contributed by atoms with E-state index < -0.39 is 66.3 Å². The van der Waals surface area contributed by atoms with Crippen LogP contribution in [0.1, 0.15) is 118 Å². The fourth-order valence-electron chi connectivity index (χ4n) is 16.8. The number of nitrogens with zero attached hydrogens (tertiary/aromatic N) is 16. The smallest absolute Gasteiger partial charge is 0.264 e. The van der Waals surface area contributed by atoms with E-state index in [4.69, 9.17) is 25.7 Å². The third-order valence-corrected chi connectivity index (χ3v) is 24.9. The minimum absolute atomic E-state index is 0.0845. The number of unbranched alkanes of at least 4 members (excludes halogenated alkanes) is 1. The number of amides is 10. The Hall–Kier alpha value is -15.6. The highest BCUT2D eigenvalue weighted by Gasteiger charge is 2.33. The van der Waals surface area contributed by atoms with E-state index in [0.29, 0.717) is 153 Å². The molecule has 9 heterocycles. The van der Waals surface area contributed by atoms with Gasteiger partial charge in [-0.05, 0) is 253 Å². The van der Waals surface area contributed by atoms with Crippen molar-refractivity contribution in [2.75, 3.05) is 134 Å². The van der Waals surface area contributed by atoms with Crippen LogP contribution in [-0.2, 0) is 54.7 Å². The zero-order valence-corrected chi connectivity index (χ0v) is 81.4. The highest BCUT2D eigenvalue weighted by Crippen LogP contribution is 2.35. The number of benzene rings is 8. The molecule has 0 saturated heterocycles. The van der Waals surface area contributed by atoms with Gasteiger partial charge in [0.2, 0.25) is 29.5 Å². The highest BCUT2D eigenvalue weighted by molar-refractivity contribution is 6.01. The molecule has 14 aromatic rings. The Labute approximate surface area is 821 Å². The summed E-state index contributed by atoms with van der Waals surface area (Å²) in [5, 5.41) is 43.7. The van der Waals surface area contributed by atoms with Crippen molar-refractivity contribution in [1.82, 2.24) is 142 Å². The summed E-state index contributed by atoms with van der Waals surface area (Å²) in [5.74, 6) is -2.97. The zero-order valence-electron chi connectivity index (χ0n) is 81.4. The molecule has 6 aromatic heterocycles. The molecule has 0 fully saturated rings. The highest BCUT2D eigenvalue weighted by atomic mass is 16.2. The molecule has 0 spiro atoms. The van der Waals surface area contributed by atoms with Gasteiger partial charge in [0.25, 0.3) is 29.5 Å². The summed E-state index contributed by atoms with van der Waals surface area (Å²) in [6.45, 7) is 10.9. The van der Waals surface area contributed by atoms with Gasteiger partial charge in [-0.2, -0.15) is 0 Å². The summed E-state index contributed by atoms with van der Waals surface area (Å²) in [6, 6.07) is 48.4. The summed E-state index contributed by atoms with van der Waals surface area (Å²) in [5.41, 5.74) is 21.2. The molecular weight excluding hydrogens is 1800 g/mol. The number of hydrogen-bond donors (Lipinski definition) is 13. The van der Waals surface area contributed by atoms with Crippen LogP contribution in [0.3, 0.4) is 0 Å². The van der Waals surface area contributed by atoms with Crippen molar-refractivity contribution >= 4 is 103 Å². The van der Waals surface area contributed by atoms with Gasteiger partial charge < -0.3 is 93.0 Å². The number of likely N-dealkylation sites (N-methyl/N-ethyl adjacent to an activating group) is 4. The Morgan fingerprint density at radius 2 is 0.965 bits per heavy atom. The minimum Gasteiger partial charge on any atom is -0.368 e. The predicted octanol–water partition coefficient (Wildman–Crippen LogP) is 7.33. The minimum atomic E-state index is -1.62. The van der Waals surface area contributed by atoms with Crippen molar-refractivity contribution in [3.8, 4) is 67.8 Å². The molecule has 17 rings (SSSR count). The van der Waals surface area contributed by atoms with Crippen LogP contribution in [0.4, 0.5) is 0 Å². The molecule has 0 saturated carbocycles. The third-order valence-electron chi connectivity index (χ3n) is 24.9. The van der Waals surface area contributed by atoms with Crippen LogP contribution >= 0.6 is 0 Å². The van der Waals surface area contributed by atoms with Crippen LogP contribution < -0.4 is 53.6 Å². The molecule has 8 aromatic carbocycles. The Morgan fingerprint density at radius 1 is 0.472 bits per heavy atom. The van der Waals surface area contributed by atoms with Crippen LogP contribution in [0.25, 0.3) is 112 Å². The Kier molecular flexibility index (Phi) is 33.7. The van der Waals surface area contributed by atoms with E-state index in [-0.39, 0.29) is 42.5 Å². The second-order valence-electron chi connectivity index (χ2n) is 36.6. The van der Waals surface area contributed by atoms with Crippen LogP contribution in [-0.4, -0.2) is 305 Å². The van der Waals surface area contributed by atoms with Crippen LogP contribution in [0.2, 0.25) is 0 Å². The maximum absolute atomic E-state index is 15.4. The Morgan fingerprint density at radius 3 is 1.51 bits per heavy atom. The molecular formula is C103H123N29O10. The Bertz CT molecular complexity index is 6820. The molecule has 14 N–H and O–H groups in total. The van der Waals surface area contributed by atoms with Gasteiger partial charge in [-0.3, -0.25) is 61.9 Å². The van der Waals surface area contributed by atoms with Crippen molar-refractivity contribution in [1.29, 1.82) is 0 Å². The van der Waals surface area contributed by atoms with E-state index in [0.717, 1.165) is 123 Å². The number of rotatable bonds is 30. The Balaban J connectivity index is 0.566. The predicted molar refractivity (Wildman–Crippen MR) is 543 cm³/mol. The lowest BCUT2D eigenvalue weighted by atomic mass is 10.0. The number of nitrogens with two attached hydrogens (primary N) is 1. The molecule has 4 atom stereocenters. The van der Waals surface area contributed by atoms with Gasteiger partial charge in [-0.1, -0.05) is 83.2 Å². The van der Waals surface area contributed by atoms with Gasteiger partial charge in [0, 0.05) is 129 Å². The maximum atomic E-state index is 15.4. The van der Waals surface area contributed by atoms with E-state index in [1.807, 2.05) is 168 Å². The van der Waals surface area contributed by atoms with Crippen LogP contribution in [0, 0.1) is 0 Å². The first-order valence-corrected chi connectivity index (χ1v) is 48.0. The second-order valence-corrected chi connectivity index (χ2v) is 36.6. The number of H-pyrrole nitrogens is 3. The van der Waals surface area contributed by atoms with Crippen molar-refractivity contribution < 1.29 is 47.9 Å². The van der Waals surface area contributed by atoms with Gasteiger partial charge in [0.1, 0.15) is 41.4 Å². The van der Waals surface area contributed by atoms with Crippen molar-refractivity contribution in [3.63, 3.8) is 0 Å². The van der Waals surface area contributed by atoms with E-state index in [1.165, 1.54) is 25.7 Å². The number of carbonyl (C=O) groups is 10. The summed E-state index contributed by atoms with van der Waals surface area (Å²) >= 11 is 0. The van der Waals surface area contributed by atoms with E-state index in [2.05, 4.69) is 105 Å². The number of hydrogen-bond acceptors (Lipinski definition) is 23. The van der Waals surface area contributed by atoms with Crippen molar-refractivity contribution in [2.45, 2.75) is 110 Å². The number of nitrogens with one attached hydrogen (secondary N) is 12. The summed E-state index contributed by atoms with van der Waals surface area (Å²) < 4.78 is 4.98. The van der Waals surface area contributed by atoms with Gasteiger partial charge in [0.05, 0.1) is 68.6 Å². The molecule has 0 unspecified atom stereocenters. The summed E-state index contributed by atoms with van der Waals surface area (Å²) in [6.07, 6.45) is 7.86. The number of fused-ring (bicyclic) bond motifs is 4. The average molecular weight is 1930 g/mol. The second kappa shape index (κ2) is 47.4. The third kappa shape index (κ3) is 26.7. The quantitative estimate of drug-likeness (QED) is 0.0196. The van der Waals surface area contributed by atoms with Gasteiger partial charge in [-0.15, -0.1) is 10.2 Å². The molecule has 740 valence electrons. The number of aryl methyl sites for hydroxylation is 4. The monoisotopic (exact) mass is 1930 g/mol. The summed E-state index contributed by atoms with van der Waals surface area (Å²) in [7, 11) is 11.8. The van der Waals surface area contributed by atoms with E-state index in [9.17, 15) is 43.2 Å². The van der Waals surface area contributed by atoms with Gasteiger partial charge in [-0.25, -0.2) is 19.9 Å². The molecule has 10 amide bonds. The molecule has 39 nitrogen and oxygen atoms in total. The van der Waals surface area contributed by atoms with Crippen molar-refractivity contribution in [2.24, 2.45) is 5.73 Å². The van der Waals surface area contributed by atoms with Gasteiger partial charge >= 0.3 is 0 Å². The maximum Gasteiger partial charge on any atom is 0.264 e. The van der Waals surface area contributed by atoms with Gasteiger partial charge in [0.15, 0.2) is 6.17 Å². The summed E-state index contributed by atoms with van der Waals surface area (Å²) in [4.78, 5) is 177. The van der Waals surface area contributed by atoms with Crippen molar-refractivity contribution in [3.05, 3.63) is 216 Å². The normalized spacial score (nSPS) is 16.0. The number of aromatic nitrogens is 14.